The van der Waals surface area contributed by atoms with E-state index in [4.69, 9.17) is 14.2 Å². The summed E-state index contributed by atoms with van der Waals surface area (Å²) in [5, 5.41) is 0. The Morgan fingerprint density at radius 1 is 0.952 bits per heavy atom. The number of benzene rings is 2. The number of hydrogen-bond donors (Lipinski definition) is 0. The van der Waals surface area contributed by atoms with Crippen LogP contribution in [0.15, 0.2) is 48.5 Å². The number of ether oxygens (including phenoxy) is 3. The molecule has 0 fully saturated rings. The minimum Gasteiger partial charge on any atom is -0.497 e. The number of esters is 1. The van der Waals surface area contributed by atoms with Crippen molar-refractivity contribution in [2.45, 2.75) is 13.2 Å². The summed E-state index contributed by atoms with van der Waals surface area (Å²) >= 11 is 0. The van der Waals surface area contributed by atoms with Crippen molar-refractivity contribution in [1.29, 1.82) is 0 Å². The third kappa shape index (κ3) is 4.07. The maximum atomic E-state index is 12.1. The lowest BCUT2D eigenvalue weighted by atomic mass is 10.1. The molecule has 0 amide bonds. The fourth-order valence-electron chi connectivity index (χ4n) is 1.95. The number of carbonyl (C=O) groups excluding carboxylic acids is 1. The lowest BCUT2D eigenvalue weighted by Crippen LogP contribution is -2.08. The molecule has 2 rings (SSSR count). The normalized spacial score (nSPS) is 10.2. The van der Waals surface area contributed by atoms with E-state index < -0.39 is 0 Å². The van der Waals surface area contributed by atoms with Crippen LogP contribution in [0.25, 0.3) is 0 Å². The molecule has 110 valence electrons. The number of hydrogen-bond acceptors (Lipinski definition) is 4. The molecule has 0 heterocycles. The van der Waals surface area contributed by atoms with Crippen molar-refractivity contribution in [2.75, 3.05) is 14.2 Å². The molecule has 0 saturated carbocycles. The van der Waals surface area contributed by atoms with Gasteiger partial charge in [-0.15, -0.1) is 0 Å². The van der Waals surface area contributed by atoms with Gasteiger partial charge in [-0.3, -0.25) is 0 Å². The molecular weight excluding hydrogens is 268 g/mol. The zero-order chi connectivity index (χ0) is 15.1. The standard InChI is InChI=1S/C17H18O4/c1-19-12-14-5-3-4-6-16(14)17(18)21-11-13-7-9-15(20-2)10-8-13/h3-10H,11-12H2,1-2H3. The molecule has 0 radical (unpaired) electrons. The number of carbonyl (C=O) groups is 1. The average molecular weight is 286 g/mol. The van der Waals surface area contributed by atoms with E-state index in [-0.39, 0.29) is 12.6 Å². The summed E-state index contributed by atoms with van der Waals surface area (Å²) in [7, 11) is 3.21. The zero-order valence-electron chi connectivity index (χ0n) is 12.2. The van der Waals surface area contributed by atoms with Crippen molar-refractivity contribution in [3.05, 3.63) is 65.2 Å². The summed E-state index contributed by atoms with van der Waals surface area (Å²) in [4.78, 5) is 12.1. The Labute approximate surface area is 124 Å². The van der Waals surface area contributed by atoms with Crippen molar-refractivity contribution in [3.8, 4) is 5.75 Å². The first-order valence-corrected chi connectivity index (χ1v) is 6.61. The molecular formula is C17H18O4. The molecule has 0 aliphatic rings. The van der Waals surface area contributed by atoms with E-state index in [2.05, 4.69) is 0 Å². The van der Waals surface area contributed by atoms with Gasteiger partial charge in [0, 0.05) is 7.11 Å². The van der Waals surface area contributed by atoms with Crippen LogP contribution in [-0.4, -0.2) is 20.2 Å². The number of rotatable bonds is 6. The Morgan fingerprint density at radius 3 is 2.33 bits per heavy atom. The summed E-state index contributed by atoms with van der Waals surface area (Å²) in [5.41, 5.74) is 2.26. The summed E-state index contributed by atoms with van der Waals surface area (Å²) in [6.45, 7) is 0.609. The Kier molecular flexibility index (Phi) is 5.35. The van der Waals surface area contributed by atoms with Crippen molar-refractivity contribution >= 4 is 5.97 Å². The fraction of sp³-hybridized carbons (Fsp3) is 0.235. The molecule has 0 bridgehead atoms. The van der Waals surface area contributed by atoms with E-state index in [0.717, 1.165) is 16.9 Å². The molecule has 2 aromatic carbocycles. The summed E-state index contributed by atoms with van der Waals surface area (Å²) < 4.78 is 15.5. The van der Waals surface area contributed by atoms with E-state index in [9.17, 15) is 4.79 Å². The van der Waals surface area contributed by atoms with Gasteiger partial charge >= 0.3 is 5.97 Å². The van der Waals surface area contributed by atoms with Crippen molar-refractivity contribution in [1.82, 2.24) is 0 Å². The zero-order valence-corrected chi connectivity index (χ0v) is 12.2. The first-order valence-electron chi connectivity index (χ1n) is 6.61. The molecule has 2 aromatic rings. The van der Waals surface area contributed by atoms with E-state index in [0.29, 0.717) is 12.2 Å². The SMILES string of the molecule is COCc1ccccc1C(=O)OCc1ccc(OC)cc1. The molecule has 21 heavy (non-hydrogen) atoms. The molecule has 0 N–H and O–H groups in total. The highest BCUT2D eigenvalue weighted by Gasteiger charge is 2.12. The van der Waals surface area contributed by atoms with Crippen LogP contribution in [-0.2, 0) is 22.7 Å². The monoisotopic (exact) mass is 286 g/mol. The Hall–Kier alpha value is -2.33. The minimum absolute atomic E-state index is 0.226. The van der Waals surface area contributed by atoms with Crippen LogP contribution >= 0.6 is 0 Å². The molecule has 4 nitrogen and oxygen atoms in total. The van der Waals surface area contributed by atoms with Crippen molar-refractivity contribution in [3.63, 3.8) is 0 Å². The van der Waals surface area contributed by atoms with Crippen LogP contribution in [0.2, 0.25) is 0 Å². The second kappa shape index (κ2) is 7.45. The van der Waals surface area contributed by atoms with Gasteiger partial charge in [-0.25, -0.2) is 4.79 Å². The molecule has 0 aliphatic heterocycles. The average Bonchev–Trinajstić information content (AvgIpc) is 2.54. The second-order valence-corrected chi connectivity index (χ2v) is 4.51. The Balaban J connectivity index is 2.01. The molecule has 0 unspecified atom stereocenters. The van der Waals surface area contributed by atoms with E-state index >= 15 is 0 Å². The molecule has 0 saturated heterocycles. The fourth-order valence-corrected chi connectivity index (χ4v) is 1.95. The predicted molar refractivity (Wildman–Crippen MR) is 79.3 cm³/mol. The highest BCUT2D eigenvalue weighted by molar-refractivity contribution is 5.91. The van der Waals surface area contributed by atoms with Crippen molar-refractivity contribution < 1.29 is 19.0 Å². The number of methoxy groups -OCH3 is 2. The van der Waals surface area contributed by atoms with Gasteiger partial charge in [0.25, 0.3) is 0 Å². The third-order valence-electron chi connectivity index (χ3n) is 3.07. The quantitative estimate of drug-likeness (QED) is 0.765. The maximum Gasteiger partial charge on any atom is 0.338 e. The van der Waals surface area contributed by atoms with Crippen LogP contribution in [0, 0.1) is 0 Å². The predicted octanol–water partition coefficient (Wildman–Crippen LogP) is 3.20. The van der Waals surface area contributed by atoms with E-state index in [1.807, 2.05) is 42.5 Å². The van der Waals surface area contributed by atoms with E-state index in [1.54, 1.807) is 20.3 Å². The molecule has 0 aliphatic carbocycles. The minimum atomic E-state index is -0.349. The molecule has 4 heteroatoms. The summed E-state index contributed by atoms with van der Waals surface area (Å²) in [5.74, 6) is 0.425. The third-order valence-corrected chi connectivity index (χ3v) is 3.07. The van der Waals surface area contributed by atoms with Crippen LogP contribution in [0.3, 0.4) is 0 Å². The van der Waals surface area contributed by atoms with Gasteiger partial charge in [-0.05, 0) is 29.3 Å². The van der Waals surface area contributed by atoms with Crippen LogP contribution in [0.4, 0.5) is 0 Å². The lowest BCUT2D eigenvalue weighted by Gasteiger charge is -2.09. The van der Waals surface area contributed by atoms with E-state index in [1.165, 1.54) is 0 Å². The van der Waals surface area contributed by atoms with Crippen LogP contribution < -0.4 is 4.74 Å². The summed E-state index contributed by atoms with van der Waals surface area (Å²) in [6.07, 6.45) is 0. The highest BCUT2D eigenvalue weighted by atomic mass is 16.5. The smallest absolute Gasteiger partial charge is 0.338 e. The van der Waals surface area contributed by atoms with Gasteiger partial charge in [0.05, 0.1) is 19.3 Å². The lowest BCUT2D eigenvalue weighted by molar-refractivity contribution is 0.0468. The van der Waals surface area contributed by atoms with Gasteiger partial charge < -0.3 is 14.2 Å². The van der Waals surface area contributed by atoms with Gasteiger partial charge in [0.1, 0.15) is 12.4 Å². The first kappa shape index (κ1) is 15.1. The van der Waals surface area contributed by atoms with Crippen LogP contribution in [0.1, 0.15) is 21.5 Å². The Morgan fingerprint density at radius 2 is 1.67 bits per heavy atom. The highest BCUT2D eigenvalue weighted by Crippen LogP contribution is 2.15. The maximum absolute atomic E-state index is 12.1. The molecule has 0 spiro atoms. The van der Waals surface area contributed by atoms with Gasteiger partial charge in [-0.1, -0.05) is 30.3 Å². The second-order valence-electron chi connectivity index (χ2n) is 4.51. The summed E-state index contributed by atoms with van der Waals surface area (Å²) in [6, 6.07) is 14.7. The van der Waals surface area contributed by atoms with Crippen molar-refractivity contribution in [2.24, 2.45) is 0 Å². The topological polar surface area (TPSA) is 44.8 Å². The molecule has 0 atom stereocenters. The molecule has 0 aromatic heterocycles. The van der Waals surface area contributed by atoms with Gasteiger partial charge in [0.2, 0.25) is 0 Å². The van der Waals surface area contributed by atoms with Crippen LogP contribution in [0.5, 0.6) is 5.75 Å². The largest absolute Gasteiger partial charge is 0.497 e. The first-order chi connectivity index (χ1) is 10.2. The van der Waals surface area contributed by atoms with Gasteiger partial charge in [-0.2, -0.15) is 0 Å². The Bertz CT molecular complexity index is 590. The van der Waals surface area contributed by atoms with Gasteiger partial charge in [0.15, 0.2) is 0 Å².